The minimum Gasteiger partial charge on any atom is -0.469 e. The van der Waals surface area contributed by atoms with Crippen LogP contribution >= 0.6 is 0 Å². The van der Waals surface area contributed by atoms with Gasteiger partial charge >= 0.3 is 5.97 Å². The normalized spacial score (nSPS) is 17.7. The van der Waals surface area contributed by atoms with Crippen LogP contribution in [0.5, 0.6) is 0 Å². The number of methoxy groups -OCH3 is 1. The van der Waals surface area contributed by atoms with Crippen molar-refractivity contribution in [3.8, 4) is 0 Å². The second kappa shape index (κ2) is 13.0. The molecule has 0 spiro atoms. The van der Waals surface area contributed by atoms with Crippen LogP contribution in [0.25, 0.3) is 0 Å². The fraction of sp³-hybridized carbons (Fsp3) is 0.767. The van der Waals surface area contributed by atoms with Crippen molar-refractivity contribution < 1.29 is 22.4 Å². The molecule has 0 bridgehead atoms. The number of esters is 1. The van der Waals surface area contributed by atoms with Gasteiger partial charge in [0.25, 0.3) is 0 Å². The van der Waals surface area contributed by atoms with E-state index in [0.29, 0.717) is 0 Å². The van der Waals surface area contributed by atoms with E-state index in [1.54, 1.807) is 0 Å². The average molecular weight is 602 g/mol. The van der Waals surface area contributed by atoms with Gasteiger partial charge in [0.1, 0.15) is 0 Å². The third-order valence-corrected chi connectivity index (χ3v) is 15.6. The second-order valence-corrected chi connectivity index (χ2v) is 24.0. The smallest absolute Gasteiger partial charge is 0.308 e. The molecule has 0 fully saturated rings. The molecule has 1 aromatic carbocycles. The molecule has 0 saturated carbocycles. The van der Waals surface area contributed by atoms with E-state index < -0.39 is 63.0 Å². The maximum absolute atomic E-state index is 14.4. The number of carbonyl (C=O) groups is 1. The maximum Gasteiger partial charge on any atom is 0.308 e. The van der Waals surface area contributed by atoms with Crippen molar-refractivity contribution in [3.63, 3.8) is 0 Å². The van der Waals surface area contributed by atoms with Crippen molar-refractivity contribution in [2.45, 2.75) is 140 Å². The fourth-order valence-electron chi connectivity index (χ4n) is 3.70. The molecule has 9 heteroatoms. The van der Waals surface area contributed by atoms with Crippen molar-refractivity contribution in [2.24, 2.45) is 0 Å². The molecule has 226 valence electrons. The predicted molar refractivity (Wildman–Crippen MR) is 169 cm³/mol. The number of rotatable bonds is 10. The fourth-order valence-corrected chi connectivity index (χ4v) is 7.69. The Balaban J connectivity index is 3.95. The molecule has 5 atom stereocenters. The van der Waals surface area contributed by atoms with Gasteiger partial charge < -0.3 is 9.16 Å². The molecule has 2 unspecified atom stereocenters. The molecule has 1 aromatic rings. The first-order chi connectivity index (χ1) is 17.3. The average Bonchev–Trinajstić information content (AvgIpc) is 2.75. The molecular weight excluding hydrogens is 547 g/mol. The molecule has 0 heterocycles. The van der Waals surface area contributed by atoms with Crippen LogP contribution in [0.1, 0.15) is 106 Å². The van der Waals surface area contributed by atoms with E-state index in [1.165, 1.54) is 7.11 Å². The van der Waals surface area contributed by atoms with Crippen molar-refractivity contribution in [1.82, 2.24) is 4.72 Å². The molecule has 0 saturated heterocycles. The summed E-state index contributed by atoms with van der Waals surface area (Å²) in [4.78, 5) is 12.8. The highest BCUT2D eigenvalue weighted by atomic mass is 32.2. The van der Waals surface area contributed by atoms with Crippen molar-refractivity contribution in [3.05, 3.63) is 35.4 Å². The number of benzene rings is 1. The van der Waals surface area contributed by atoms with E-state index in [1.807, 2.05) is 53.7 Å². The Morgan fingerprint density at radius 2 is 1.36 bits per heavy atom. The Bertz CT molecular complexity index is 1010. The first-order valence-corrected chi connectivity index (χ1v) is 19.0. The summed E-state index contributed by atoms with van der Waals surface area (Å²) in [5, 5.41) is -0.730. The first-order valence-electron chi connectivity index (χ1n) is 13.8. The summed E-state index contributed by atoms with van der Waals surface area (Å²) in [6.45, 7) is 28.7. The minimum atomic E-state index is -2.41. The predicted octanol–water partition coefficient (Wildman–Crippen LogP) is 6.95. The first kappa shape index (κ1) is 36.2. The van der Waals surface area contributed by atoms with Gasteiger partial charge in [-0.3, -0.25) is 9.00 Å². The topological polar surface area (TPSA) is 81.7 Å². The summed E-state index contributed by atoms with van der Waals surface area (Å²) < 4.78 is 42.1. The van der Waals surface area contributed by atoms with Crippen molar-refractivity contribution in [2.75, 3.05) is 7.11 Å². The Kier molecular flexibility index (Phi) is 12.0. The van der Waals surface area contributed by atoms with Gasteiger partial charge in [0.05, 0.1) is 46.7 Å². The molecule has 1 N–H and O–H groups in total. The molecule has 6 nitrogen and oxygen atoms in total. The Morgan fingerprint density at radius 1 is 0.872 bits per heavy atom. The number of carbonyl (C=O) groups excluding carboxylic acids is 1. The van der Waals surface area contributed by atoms with E-state index in [-0.39, 0.29) is 16.9 Å². The number of nitrogens with one attached hydrogen (secondary N) is 1. The van der Waals surface area contributed by atoms with Crippen LogP contribution in [-0.2, 0) is 41.2 Å². The summed E-state index contributed by atoms with van der Waals surface area (Å²) in [5.74, 6) is -0.421. The van der Waals surface area contributed by atoms with Crippen LogP contribution in [0.3, 0.4) is 0 Å². The van der Waals surface area contributed by atoms with Gasteiger partial charge in [-0.25, -0.2) is 8.93 Å². The largest absolute Gasteiger partial charge is 0.469 e. The van der Waals surface area contributed by atoms with Gasteiger partial charge in [-0.1, -0.05) is 65.8 Å². The quantitative estimate of drug-likeness (QED) is 0.232. The van der Waals surface area contributed by atoms with E-state index >= 15 is 0 Å². The van der Waals surface area contributed by atoms with Gasteiger partial charge in [0, 0.05) is 15.5 Å². The lowest BCUT2D eigenvalue weighted by Crippen LogP contribution is -2.56. The van der Waals surface area contributed by atoms with Gasteiger partial charge in [-0.15, -0.1) is 0 Å². The summed E-state index contributed by atoms with van der Waals surface area (Å²) in [6, 6.07) is 7.50. The highest BCUT2D eigenvalue weighted by molar-refractivity contribution is 7.87. The van der Waals surface area contributed by atoms with E-state index in [2.05, 4.69) is 71.5 Å². The molecule has 0 amide bonds. The zero-order chi connectivity index (χ0) is 30.8. The van der Waals surface area contributed by atoms with Crippen LogP contribution in [0, 0.1) is 0 Å². The monoisotopic (exact) mass is 601 g/mol. The third-order valence-electron chi connectivity index (χ3n) is 7.31. The summed E-state index contributed by atoms with van der Waals surface area (Å²) in [5.41, 5.74) is 1.98. The van der Waals surface area contributed by atoms with Crippen molar-refractivity contribution >= 4 is 36.1 Å². The molecule has 39 heavy (non-hydrogen) atoms. The van der Waals surface area contributed by atoms with Gasteiger partial charge in [-0.2, -0.15) is 0 Å². The van der Waals surface area contributed by atoms with Crippen LogP contribution in [0.2, 0.25) is 18.1 Å². The zero-order valence-corrected chi connectivity index (χ0v) is 29.7. The van der Waals surface area contributed by atoms with Crippen molar-refractivity contribution in [1.29, 1.82) is 0 Å². The van der Waals surface area contributed by atoms with E-state index in [9.17, 15) is 13.2 Å². The highest BCUT2D eigenvalue weighted by Gasteiger charge is 2.46. The van der Waals surface area contributed by atoms with Crippen LogP contribution in [0.15, 0.2) is 24.3 Å². The zero-order valence-electron chi connectivity index (χ0n) is 27.1. The lowest BCUT2D eigenvalue weighted by Gasteiger charge is -2.44. The summed E-state index contributed by atoms with van der Waals surface area (Å²) >= 11 is 0. The highest BCUT2D eigenvalue weighted by Crippen LogP contribution is 2.41. The SMILES string of the molecule is COC(=O)C[C@H](O[Si](C)(C)C(C)(C)C)C(N[S@@](=O)C(C)(C)C)C(c1ccc(C(C)(C)C)cc1)[S@@](=O)C(C)(C)C. The summed E-state index contributed by atoms with van der Waals surface area (Å²) in [6.07, 6.45) is -0.747. The van der Waals surface area contributed by atoms with E-state index in [4.69, 9.17) is 9.16 Å². The number of hydrogen-bond donors (Lipinski definition) is 1. The van der Waals surface area contributed by atoms with E-state index in [0.717, 1.165) is 11.1 Å². The molecule has 1 rings (SSSR count). The summed E-state index contributed by atoms with van der Waals surface area (Å²) in [7, 11) is -3.99. The van der Waals surface area contributed by atoms with Gasteiger partial charge in [-0.05, 0) is 76.2 Å². The lowest BCUT2D eigenvalue weighted by molar-refractivity contribution is -0.142. The molecule has 0 radical (unpaired) electrons. The number of ether oxygens (including phenoxy) is 1. The van der Waals surface area contributed by atoms with Gasteiger partial charge in [0.2, 0.25) is 0 Å². The molecule has 0 aromatic heterocycles. The standard InChI is InChI=1S/C30H55NO5S2Si/c1-27(2,3)22-18-16-21(17-19-22)26(37(33)28(4,5)6)25(31-38(34)29(7,8)9)23(20-24(32)35-13)36-39(14,15)30(10,11)12/h16-19,23,25-26,31H,20H2,1-15H3/t23-,25?,26?,37+,38-/m0/s1. The third kappa shape index (κ3) is 10.2. The van der Waals surface area contributed by atoms with Crippen LogP contribution < -0.4 is 4.72 Å². The maximum atomic E-state index is 14.4. The Labute approximate surface area is 245 Å². The van der Waals surface area contributed by atoms with Gasteiger partial charge in [0.15, 0.2) is 8.32 Å². The van der Waals surface area contributed by atoms with Crippen LogP contribution in [0.4, 0.5) is 0 Å². The molecular formula is C30H55NO5S2Si. The number of hydrogen-bond acceptors (Lipinski definition) is 5. The Morgan fingerprint density at radius 3 is 1.72 bits per heavy atom. The second-order valence-electron chi connectivity index (χ2n) is 14.9. The minimum absolute atomic E-state index is 0.0402. The van der Waals surface area contributed by atoms with Crippen LogP contribution in [-0.4, -0.2) is 51.5 Å². The molecule has 0 aliphatic carbocycles. The lowest BCUT2D eigenvalue weighted by atomic mass is 9.86. The molecule has 0 aliphatic heterocycles. The molecule has 0 aliphatic rings. The Hall–Kier alpha value is -0.873.